The number of alkyl halides is 3. The molecule has 0 bridgehead atoms. The van der Waals surface area contributed by atoms with Crippen LogP contribution in [0.3, 0.4) is 0 Å². The number of nitrogens with zero attached hydrogens (tertiary/aromatic N) is 2. The zero-order valence-electron chi connectivity index (χ0n) is 15.0. The molecule has 2 aliphatic rings. The van der Waals surface area contributed by atoms with Crippen LogP contribution in [0.5, 0.6) is 5.75 Å². The third-order valence-corrected chi connectivity index (χ3v) is 4.84. The van der Waals surface area contributed by atoms with Crippen LogP contribution in [-0.4, -0.2) is 73.8 Å². The van der Waals surface area contributed by atoms with Gasteiger partial charge in [0.25, 0.3) is 0 Å². The van der Waals surface area contributed by atoms with Crippen molar-refractivity contribution in [2.75, 3.05) is 45.9 Å². The number of hydrogen-bond acceptors (Lipinski definition) is 4. The topological polar surface area (TPSA) is 44.8 Å². The van der Waals surface area contributed by atoms with Crippen molar-refractivity contribution in [3.05, 3.63) is 29.8 Å². The highest BCUT2D eigenvalue weighted by Crippen LogP contribution is 2.21. The van der Waals surface area contributed by atoms with Gasteiger partial charge in [0.2, 0.25) is 5.91 Å². The molecule has 152 valence electrons. The van der Waals surface area contributed by atoms with Crippen LogP contribution in [0.1, 0.15) is 12.0 Å². The zero-order valence-corrected chi connectivity index (χ0v) is 15.8. The van der Waals surface area contributed by atoms with Gasteiger partial charge < -0.3 is 15.0 Å². The molecular weight excluding hydrogens is 383 g/mol. The van der Waals surface area contributed by atoms with E-state index in [2.05, 4.69) is 10.2 Å². The molecule has 0 aromatic heterocycles. The van der Waals surface area contributed by atoms with E-state index < -0.39 is 12.8 Å². The largest absolute Gasteiger partial charge is 0.484 e. The third-order valence-electron chi connectivity index (χ3n) is 4.84. The lowest BCUT2D eigenvalue weighted by atomic mass is 10.1. The summed E-state index contributed by atoms with van der Waals surface area (Å²) in [5.74, 6) is 0.142. The van der Waals surface area contributed by atoms with Crippen LogP contribution in [0.4, 0.5) is 13.2 Å². The predicted octanol–water partition coefficient (Wildman–Crippen LogP) is 2.10. The summed E-state index contributed by atoms with van der Waals surface area (Å²) in [5, 5.41) is 3.33. The van der Waals surface area contributed by atoms with E-state index in [1.165, 1.54) is 12.1 Å². The van der Waals surface area contributed by atoms with Gasteiger partial charge in [-0.2, -0.15) is 13.2 Å². The maximum atomic E-state index is 12.5. The summed E-state index contributed by atoms with van der Waals surface area (Å²) in [5.41, 5.74) is 0.667. The fraction of sp³-hybridized carbons (Fsp3) is 0.611. The minimum absolute atomic E-state index is 0. The molecule has 2 heterocycles. The summed E-state index contributed by atoms with van der Waals surface area (Å²) >= 11 is 0. The van der Waals surface area contributed by atoms with Gasteiger partial charge in [-0.3, -0.25) is 9.69 Å². The fourth-order valence-electron chi connectivity index (χ4n) is 3.51. The van der Waals surface area contributed by atoms with Crippen LogP contribution in [0.2, 0.25) is 0 Å². The van der Waals surface area contributed by atoms with Crippen LogP contribution in [0, 0.1) is 0 Å². The smallest absolute Gasteiger partial charge is 0.422 e. The molecule has 1 unspecified atom stereocenters. The first-order valence-corrected chi connectivity index (χ1v) is 8.92. The van der Waals surface area contributed by atoms with E-state index in [0.717, 1.165) is 45.7 Å². The summed E-state index contributed by atoms with van der Waals surface area (Å²) in [7, 11) is 0. The van der Waals surface area contributed by atoms with Gasteiger partial charge in [-0.25, -0.2) is 0 Å². The van der Waals surface area contributed by atoms with Crippen LogP contribution < -0.4 is 10.1 Å². The molecule has 2 aliphatic heterocycles. The Hall–Kier alpha value is -1.51. The molecule has 1 N–H and O–H groups in total. The van der Waals surface area contributed by atoms with Gasteiger partial charge in [0.15, 0.2) is 6.61 Å². The van der Waals surface area contributed by atoms with Gasteiger partial charge in [0.1, 0.15) is 5.75 Å². The van der Waals surface area contributed by atoms with E-state index in [-0.39, 0.29) is 30.5 Å². The minimum Gasteiger partial charge on any atom is -0.484 e. The highest BCUT2D eigenvalue weighted by molar-refractivity contribution is 5.85. The maximum Gasteiger partial charge on any atom is 0.422 e. The van der Waals surface area contributed by atoms with Crippen LogP contribution in [0.25, 0.3) is 0 Å². The molecule has 27 heavy (non-hydrogen) atoms. The number of ether oxygens (including phenoxy) is 1. The lowest BCUT2D eigenvalue weighted by Gasteiger charge is -2.32. The summed E-state index contributed by atoms with van der Waals surface area (Å²) in [6, 6.07) is 6.73. The van der Waals surface area contributed by atoms with Crippen LogP contribution in [0.15, 0.2) is 24.3 Å². The van der Waals surface area contributed by atoms with Gasteiger partial charge in [0.05, 0.1) is 6.42 Å². The Morgan fingerprint density at radius 2 is 1.96 bits per heavy atom. The molecule has 0 spiro atoms. The highest BCUT2D eigenvalue weighted by Gasteiger charge is 2.31. The van der Waals surface area contributed by atoms with E-state index in [1.54, 1.807) is 12.1 Å². The molecule has 0 aliphatic carbocycles. The van der Waals surface area contributed by atoms with Crippen molar-refractivity contribution in [1.82, 2.24) is 15.1 Å². The lowest BCUT2D eigenvalue weighted by molar-refractivity contribution is -0.153. The van der Waals surface area contributed by atoms with Crippen molar-refractivity contribution in [2.45, 2.75) is 25.1 Å². The molecule has 2 saturated heterocycles. The van der Waals surface area contributed by atoms with Gasteiger partial charge in [-0.15, -0.1) is 12.4 Å². The SMILES string of the molecule is Cl.O=C(Cc1cccc(OCC(F)(F)F)c1)N1CCC(N2CCNCC2)C1. The number of rotatable bonds is 5. The monoisotopic (exact) mass is 407 g/mol. The number of halogens is 4. The predicted molar refractivity (Wildman–Crippen MR) is 98.4 cm³/mol. The average molecular weight is 408 g/mol. The van der Waals surface area contributed by atoms with Gasteiger partial charge in [-0.1, -0.05) is 12.1 Å². The second-order valence-corrected chi connectivity index (χ2v) is 6.80. The third kappa shape index (κ3) is 6.55. The molecular formula is C18H25ClF3N3O2. The van der Waals surface area contributed by atoms with E-state index in [0.29, 0.717) is 11.6 Å². The number of piperazine rings is 1. The molecule has 1 atom stereocenters. The quantitative estimate of drug-likeness (QED) is 0.812. The zero-order chi connectivity index (χ0) is 18.6. The molecule has 0 saturated carbocycles. The molecule has 1 aromatic carbocycles. The van der Waals surface area contributed by atoms with E-state index >= 15 is 0 Å². The molecule has 0 radical (unpaired) electrons. The first-order chi connectivity index (χ1) is 12.4. The van der Waals surface area contributed by atoms with E-state index in [1.807, 2.05) is 4.90 Å². The molecule has 1 aromatic rings. The number of hydrogen-bond donors (Lipinski definition) is 1. The summed E-state index contributed by atoms with van der Waals surface area (Å²) in [4.78, 5) is 16.8. The maximum absolute atomic E-state index is 12.5. The van der Waals surface area contributed by atoms with Gasteiger partial charge in [0, 0.05) is 45.3 Å². The second-order valence-electron chi connectivity index (χ2n) is 6.80. The Morgan fingerprint density at radius 1 is 1.22 bits per heavy atom. The molecule has 3 rings (SSSR count). The lowest BCUT2D eigenvalue weighted by Crippen LogP contribution is -2.49. The number of benzene rings is 1. The number of carbonyl (C=O) groups excluding carboxylic acids is 1. The van der Waals surface area contributed by atoms with E-state index in [4.69, 9.17) is 4.74 Å². The Bertz CT molecular complexity index is 624. The number of nitrogens with one attached hydrogen (secondary N) is 1. The Labute approximate surface area is 163 Å². The fourth-order valence-corrected chi connectivity index (χ4v) is 3.51. The summed E-state index contributed by atoms with van der Waals surface area (Å²) in [6.45, 7) is 4.10. The Morgan fingerprint density at radius 3 is 2.67 bits per heavy atom. The number of amides is 1. The Balaban J connectivity index is 0.00000261. The number of carbonyl (C=O) groups is 1. The second kappa shape index (κ2) is 9.61. The first-order valence-electron chi connectivity index (χ1n) is 8.92. The van der Waals surface area contributed by atoms with Crippen LogP contribution in [-0.2, 0) is 11.2 Å². The normalized spacial score (nSPS) is 21.0. The first kappa shape index (κ1) is 21.8. The van der Waals surface area contributed by atoms with Crippen molar-refractivity contribution >= 4 is 18.3 Å². The Kier molecular flexibility index (Phi) is 7.76. The van der Waals surface area contributed by atoms with Crippen molar-refractivity contribution in [3.8, 4) is 5.75 Å². The van der Waals surface area contributed by atoms with Crippen molar-refractivity contribution in [1.29, 1.82) is 0 Å². The van der Waals surface area contributed by atoms with Crippen LogP contribution >= 0.6 is 12.4 Å². The number of likely N-dealkylation sites (tertiary alicyclic amines) is 1. The molecule has 5 nitrogen and oxygen atoms in total. The highest BCUT2D eigenvalue weighted by atomic mass is 35.5. The average Bonchev–Trinajstić information content (AvgIpc) is 3.11. The van der Waals surface area contributed by atoms with Crippen molar-refractivity contribution < 1.29 is 22.7 Å². The molecule has 2 fully saturated rings. The van der Waals surface area contributed by atoms with Gasteiger partial charge >= 0.3 is 6.18 Å². The summed E-state index contributed by atoms with van der Waals surface area (Å²) < 4.78 is 41.5. The standard InChI is InChI=1S/C18H24F3N3O2.ClH/c19-18(20,21)13-26-16-3-1-2-14(10-16)11-17(25)24-7-4-15(12-24)23-8-5-22-6-9-23;/h1-3,10,15,22H,4-9,11-13H2;1H. The van der Waals surface area contributed by atoms with Crippen molar-refractivity contribution in [3.63, 3.8) is 0 Å². The van der Waals surface area contributed by atoms with Gasteiger partial charge in [-0.05, 0) is 24.1 Å². The molecule has 9 heteroatoms. The van der Waals surface area contributed by atoms with E-state index in [9.17, 15) is 18.0 Å². The molecule has 1 amide bonds. The summed E-state index contributed by atoms with van der Waals surface area (Å²) in [6.07, 6.45) is -3.22. The minimum atomic E-state index is -4.37. The van der Waals surface area contributed by atoms with Crippen molar-refractivity contribution in [2.24, 2.45) is 0 Å².